The van der Waals surface area contributed by atoms with E-state index in [1.807, 2.05) is 32.0 Å². The molecule has 0 aliphatic heterocycles. The Bertz CT molecular complexity index is 572. The maximum Gasteiger partial charge on any atom is 0.226 e. The summed E-state index contributed by atoms with van der Waals surface area (Å²) >= 11 is 5.76. The van der Waals surface area contributed by atoms with Gasteiger partial charge in [0.15, 0.2) is 0 Å². The molecule has 2 rings (SSSR count). The van der Waals surface area contributed by atoms with Crippen LogP contribution in [0.1, 0.15) is 17.5 Å². The summed E-state index contributed by atoms with van der Waals surface area (Å²) in [7, 11) is 0. The molecule has 1 aromatic heterocycles. The van der Waals surface area contributed by atoms with E-state index in [0.29, 0.717) is 18.0 Å². The molecule has 19 heavy (non-hydrogen) atoms. The van der Waals surface area contributed by atoms with Crippen molar-refractivity contribution in [2.24, 2.45) is 0 Å². The number of nitrogens with zero attached hydrogens (tertiary/aromatic N) is 2. The smallest absolute Gasteiger partial charge is 0.226 e. The van der Waals surface area contributed by atoms with Gasteiger partial charge in [-0.05, 0) is 25.0 Å². The minimum Gasteiger partial charge on any atom is -0.326 e. The Balaban J connectivity index is 1.94. The van der Waals surface area contributed by atoms with Crippen LogP contribution in [0.4, 0.5) is 5.69 Å². The molecular weight excluding hydrogens is 262 g/mol. The van der Waals surface area contributed by atoms with Crippen molar-refractivity contribution in [2.45, 2.75) is 26.8 Å². The van der Waals surface area contributed by atoms with Gasteiger partial charge in [0.25, 0.3) is 0 Å². The Hall–Kier alpha value is -1.81. The van der Waals surface area contributed by atoms with Crippen molar-refractivity contribution in [2.75, 3.05) is 5.32 Å². The van der Waals surface area contributed by atoms with Crippen molar-refractivity contribution in [3.05, 3.63) is 46.7 Å². The van der Waals surface area contributed by atoms with Crippen molar-refractivity contribution in [1.29, 1.82) is 0 Å². The number of hydrogen-bond acceptors (Lipinski definition) is 2. The Morgan fingerprint density at radius 3 is 2.63 bits per heavy atom. The summed E-state index contributed by atoms with van der Waals surface area (Å²) in [5, 5.41) is 7.56. The number of halogens is 1. The molecule has 2 aromatic rings. The lowest BCUT2D eigenvalue weighted by Crippen LogP contribution is -2.16. The zero-order valence-electron chi connectivity index (χ0n) is 11.0. The standard InChI is InChI=1S/C14H16ClN3O/c1-10-4-3-5-11(2)14(10)17-13(19)6-7-18-9-12(15)8-16-18/h3-5,8-9H,6-7H2,1-2H3,(H,17,19). The highest BCUT2D eigenvalue weighted by molar-refractivity contribution is 6.30. The highest BCUT2D eigenvalue weighted by Gasteiger charge is 2.07. The van der Waals surface area contributed by atoms with Crippen molar-refractivity contribution >= 4 is 23.2 Å². The fraction of sp³-hybridized carbons (Fsp3) is 0.286. The van der Waals surface area contributed by atoms with Crippen molar-refractivity contribution in [3.63, 3.8) is 0 Å². The molecule has 4 nitrogen and oxygen atoms in total. The van der Waals surface area contributed by atoms with Crippen LogP contribution in [0.3, 0.4) is 0 Å². The summed E-state index contributed by atoms with van der Waals surface area (Å²) in [6.07, 6.45) is 3.63. The molecule has 1 heterocycles. The first kappa shape index (κ1) is 13.6. The first-order chi connectivity index (χ1) is 9.06. The quantitative estimate of drug-likeness (QED) is 0.933. The molecule has 0 saturated heterocycles. The minimum absolute atomic E-state index is 0.0241. The van der Waals surface area contributed by atoms with Gasteiger partial charge < -0.3 is 5.32 Å². The first-order valence-corrected chi connectivity index (χ1v) is 6.48. The number of hydrogen-bond donors (Lipinski definition) is 1. The first-order valence-electron chi connectivity index (χ1n) is 6.10. The Labute approximate surface area is 117 Å². The van der Waals surface area contributed by atoms with E-state index in [1.54, 1.807) is 17.1 Å². The number of aromatic nitrogens is 2. The molecule has 100 valence electrons. The van der Waals surface area contributed by atoms with Crippen LogP contribution in [0.25, 0.3) is 0 Å². The highest BCUT2D eigenvalue weighted by atomic mass is 35.5. The summed E-state index contributed by atoms with van der Waals surface area (Å²) in [5.41, 5.74) is 3.02. The van der Waals surface area contributed by atoms with E-state index >= 15 is 0 Å². The van der Waals surface area contributed by atoms with Crippen LogP contribution < -0.4 is 5.32 Å². The van der Waals surface area contributed by atoms with Crippen molar-refractivity contribution < 1.29 is 4.79 Å². The number of carbonyl (C=O) groups excluding carboxylic acids is 1. The summed E-state index contributed by atoms with van der Waals surface area (Å²) in [6, 6.07) is 5.94. The van der Waals surface area contributed by atoms with Gasteiger partial charge in [0, 0.05) is 24.8 Å². The van der Waals surface area contributed by atoms with Crippen LogP contribution in [0, 0.1) is 13.8 Å². The van der Waals surface area contributed by atoms with Crippen LogP contribution in [0.15, 0.2) is 30.6 Å². The van der Waals surface area contributed by atoms with Gasteiger partial charge >= 0.3 is 0 Å². The third kappa shape index (κ3) is 3.58. The molecule has 1 aromatic carbocycles. The third-order valence-electron chi connectivity index (χ3n) is 2.92. The van der Waals surface area contributed by atoms with E-state index in [-0.39, 0.29) is 5.91 Å². The SMILES string of the molecule is Cc1cccc(C)c1NC(=O)CCn1cc(Cl)cn1. The number of nitrogens with one attached hydrogen (secondary N) is 1. The van der Waals surface area contributed by atoms with Crippen LogP contribution in [0.2, 0.25) is 5.02 Å². The van der Waals surface area contributed by atoms with Crippen LogP contribution in [-0.2, 0) is 11.3 Å². The topological polar surface area (TPSA) is 46.9 Å². The average molecular weight is 278 g/mol. The highest BCUT2D eigenvalue weighted by Crippen LogP contribution is 2.19. The Morgan fingerprint density at radius 1 is 1.37 bits per heavy atom. The van der Waals surface area contributed by atoms with Gasteiger partial charge in [-0.15, -0.1) is 0 Å². The summed E-state index contributed by atoms with van der Waals surface area (Å²) in [4.78, 5) is 11.9. The van der Waals surface area contributed by atoms with Gasteiger partial charge in [0.05, 0.1) is 11.2 Å². The summed E-state index contributed by atoms with van der Waals surface area (Å²) < 4.78 is 1.66. The van der Waals surface area contributed by atoms with Crippen LogP contribution in [0.5, 0.6) is 0 Å². The lowest BCUT2D eigenvalue weighted by Gasteiger charge is -2.11. The fourth-order valence-electron chi connectivity index (χ4n) is 1.89. The summed E-state index contributed by atoms with van der Waals surface area (Å²) in [5.74, 6) is -0.0241. The van der Waals surface area contributed by atoms with Gasteiger partial charge in [-0.2, -0.15) is 5.10 Å². The monoisotopic (exact) mass is 277 g/mol. The second-order valence-electron chi connectivity index (χ2n) is 4.49. The third-order valence-corrected chi connectivity index (χ3v) is 3.11. The molecule has 0 aliphatic rings. The van der Waals surface area contributed by atoms with E-state index in [9.17, 15) is 4.79 Å². The molecule has 0 radical (unpaired) electrons. The van der Waals surface area contributed by atoms with Crippen LogP contribution in [-0.4, -0.2) is 15.7 Å². The van der Waals surface area contributed by atoms with Crippen molar-refractivity contribution in [1.82, 2.24) is 9.78 Å². The largest absolute Gasteiger partial charge is 0.326 e. The molecule has 0 spiro atoms. The Kier molecular flexibility index (Phi) is 4.22. The number of carbonyl (C=O) groups is 1. The van der Waals surface area contributed by atoms with Gasteiger partial charge in [0.2, 0.25) is 5.91 Å². The van der Waals surface area contributed by atoms with Gasteiger partial charge in [0.1, 0.15) is 0 Å². The van der Waals surface area contributed by atoms with Crippen LogP contribution >= 0.6 is 11.6 Å². The maximum absolute atomic E-state index is 11.9. The molecule has 0 atom stereocenters. The zero-order valence-corrected chi connectivity index (χ0v) is 11.7. The summed E-state index contributed by atoms with van der Waals surface area (Å²) in [6.45, 7) is 4.48. The Morgan fingerprint density at radius 2 is 2.05 bits per heavy atom. The predicted octanol–water partition coefficient (Wildman–Crippen LogP) is 3.18. The second-order valence-corrected chi connectivity index (χ2v) is 4.92. The maximum atomic E-state index is 11.9. The molecule has 0 bridgehead atoms. The van der Waals surface area contributed by atoms with E-state index < -0.39 is 0 Å². The molecule has 1 amide bonds. The fourth-order valence-corrected chi connectivity index (χ4v) is 2.05. The van der Waals surface area contributed by atoms with Gasteiger partial charge in [-0.3, -0.25) is 9.48 Å². The molecule has 0 saturated carbocycles. The number of aryl methyl sites for hydroxylation is 3. The van der Waals surface area contributed by atoms with E-state index in [2.05, 4.69) is 10.4 Å². The molecule has 0 aliphatic carbocycles. The average Bonchev–Trinajstić information content (AvgIpc) is 2.77. The molecule has 1 N–H and O–H groups in total. The molecule has 0 fully saturated rings. The van der Waals surface area contributed by atoms with Gasteiger partial charge in [-0.25, -0.2) is 0 Å². The van der Waals surface area contributed by atoms with E-state index in [1.165, 1.54) is 0 Å². The number of rotatable bonds is 4. The zero-order chi connectivity index (χ0) is 13.8. The van der Waals surface area contributed by atoms with E-state index in [0.717, 1.165) is 16.8 Å². The number of amides is 1. The second kappa shape index (κ2) is 5.89. The minimum atomic E-state index is -0.0241. The lowest BCUT2D eigenvalue weighted by atomic mass is 10.1. The lowest BCUT2D eigenvalue weighted by molar-refractivity contribution is -0.116. The van der Waals surface area contributed by atoms with Crippen molar-refractivity contribution in [3.8, 4) is 0 Å². The number of anilines is 1. The normalized spacial score (nSPS) is 10.5. The molecule has 0 unspecified atom stereocenters. The molecular formula is C14H16ClN3O. The number of benzene rings is 1. The number of para-hydroxylation sites is 1. The van der Waals surface area contributed by atoms with E-state index in [4.69, 9.17) is 11.6 Å². The molecule has 5 heteroatoms. The van der Waals surface area contributed by atoms with Gasteiger partial charge in [-0.1, -0.05) is 29.8 Å². The predicted molar refractivity (Wildman–Crippen MR) is 76.4 cm³/mol.